The molecule has 11 heteroatoms. The van der Waals surface area contributed by atoms with Crippen molar-refractivity contribution in [2.75, 3.05) is 44.8 Å². The Labute approximate surface area is 282 Å². The number of rotatable bonds is 13. The standard InChI is InChI=1S/C37H47N7O4/c1-3-33-31(36(41-30-11-15-47-16-12-30)32-24-40-44(4-2)37(32)42-33)23-39-35(46)21-34(45)38-22-26-7-5-9-28(19-26)29-10-6-8-27(20-29)25-43-13-17-48-18-14-43/h5-10,19-20,24,30H,3-4,11-18,21-23,25H2,1-2H3,(H,38,45)(H,39,46)(H,41,42). The first-order chi connectivity index (χ1) is 23.5. The van der Waals surface area contributed by atoms with Gasteiger partial charge in [0.2, 0.25) is 11.8 Å². The molecular formula is C37H47N7O4. The maximum absolute atomic E-state index is 13.0. The molecule has 2 aromatic carbocycles. The van der Waals surface area contributed by atoms with Gasteiger partial charge in [0.05, 0.1) is 30.5 Å². The van der Waals surface area contributed by atoms with Crippen LogP contribution in [0.5, 0.6) is 0 Å². The minimum Gasteiger partial charge on any atom is -0.381 e. The number of hydrogen-bond donors (Lipinski definition) is 3. The van der Waals surface area contributed by atoms with Gasteiger partial charge >= 0.3 is 0 Å². The van der Waals surface area contributed by atoms with Crippen LogP contribution in [0, 0.1) is 0 Å². The van der Waals surface area contributed by atoms with Crippen molar-refractivity contribution in [3.63, 3.8) is 0 Å². The third-order valence-electron chi connectivity index (χ3n) is 9.15. The van der Waals surface area contributed by atoms with E-state index in [0.29, 0.717) is 19.5 Å². The number of carbonyl (C=O) groups is 2. The number of nitrogens with one attached hydrogen (secondary N) is 3. The fourth-order valence-corrected chi connectivity index (χ4v) is 6.49. The largest absolute Gasteiger partial charge is 0.381 e. The number of ether oxygens (including phenoxy) is 2. The molecule has 2 aliphatic heterocycles. The molecule has 2 aliphatic rings. The van der Waals surface area contributed by atoms with E-state index in [4.69, 9.17) is 14.5 Å². The number of carbonyl (C=O) groups excluding carboxylic acids is 2. The Balaban J connectivity index is 1.06. The number of nitrogens with zero attached hydrogens (tertiary/aromatic N) is 4. The molecule has 4 heterocycles. The van der Waals surface area contributed by atoms with Crippen molar-refractivity contribution in [3.05, 3.63) is 77.1 Å². The normalized spacial score (nSPS) is 15.8. The predicted octanol–water partition coefficient (Wildman–Crippen LogP) is 4.43. The Morgan fingerprint density at radius 2 is 1.54 bits per heavy atom. The summed E-state index contributed by atoms with van der Waals surface area (Å²) in [6, 6.07) is 17.0. The first kappa shape index (κ1) is 33.6. The number of morpholine rings is 1. The molecule has 0 saturated carbocycles. The second-order valence-electron chi connectivity index (χ2n) is 12.5. The number of fused-ring (bicyclic) bond motifs is 1. The zero-order chi connectivity index (χ0) is 33.3. The Hall–Kier alpha value is -4.32. The Morgan fingerprint density at radius 1 is 0.875 bits per heavy atom. The molecular weight excluding hydrogens is 606 g/mol. The minimum absolute atomic E-state index is 0.253. The predicted molar refractivity (Wildman–Crippen MR) is 186 cm³/mol. The van der Waals surface area contributed by atoms with Gasteiger partial charge in [-0.1, -0.05) is 43.3 Å². The molecule has 2 amide bonds. The van der Waals surface area contributed by atoms with E-state index >= 15 is 0 Å². The monoisotopic (exact) mass is 653 g/mol. The summed E-state index contributed by atoms with van der Waals surface area (Å²) in [7, 11) is 0. The Kier molecular flexibility index (Phi) is 11.3. The highest BCUT2D eigenvalue weighted by molar-refractivity contribution is 5.97. The van der Waals surface area contributed by atoms with E-state index in [9.17, 15) is 9.59 Å². The van der Waals surface area contributed by atoms with Gasteiger partial charge in [-0.2, -0.15) is 5.10 Å². The molecule has 2 fully saturated rings. The molecule has 0 atom stereocenters. The van der Waals surface area contributed by atoms with E-state index in [2.05, 4.69) is 69.3 Å². The van der Waals surface area contributed by atoms with Crippen molar-refractivity contribution >= 4 is 28.5 Å². The van der Waals surface area contributed by atoms with Crippen molar-refractivity contribution in [1.82, 2.24) is 30.3 Å². The molecule has 4 aromatic rings. The number of pyridine rings is 1. The van der Waals surface area contributed by atoms with E-state index in [1.54, 1.807) is 0 Å². The number of aromatic nitrogens is 3. The summed E-state index contributed by atoms with van der Waals surface area (Å²) < 4.78 is 13.0. The highest BCUT2D eigenvalue weighted by Gasteiger charge is 2.22. The molecule has 48 heavy (non-hydrogen) atoms. The SMILES string of the molecule is CCc1nc2c(cnn2CC)c(NC2CCOCC2)c1CNC(=O)CC(=O)NCc1cccc(-c2cccc(CN3CCOCC3)c2)c1. The minimum atomic E-state index is -0.332. The first-order valence-electron chi connectivity index (χ1n) is 17.2. The summed E-state index contributed by atoms with van der Waals surface area (Å²) >= 11 is 0. The molecule has 0 aliphatic carbocycles. The van der Waals surface area contributed by atoms with Gasteiger partial charge in [-0.25, -0.2) is 9.67 Å². The van der Waals surface area contributed by atoms with Crippen LogP contribution < -0.4 is 16.0 Å². The number of aryl methyl sites for hydroxylation is 2. The fourth-order valence-electron chi connectivity index (χ4n) is 6.49. The van der Waals surface area contributed by atoms with Crippen molar-refractivity contribution in [3.8, 4) is 11.1 Å². The van der Waals surface area contributed by atoms with Crippen LogP contribution in [0.25, 0.3) is 22.2 Å². The average Bonchev–Trinajstić information content (AvgIpc) is 3.54. The van der Waals surface area contributed by atoms with Crippen LogP contribution >= 0.6 is 0 Å². The molecule has 2 aromatic heterocycles. The average molecular weight is 654 g/mol. The maximum atomic E-state index is 13.0. The molecule has 0 radical (unpaired) electrons. The van der Waals surface area contributed by atoms with Gasteiger partial charge in [-0.05, 0) is 60.6 Å². The zero-order valence-corrected chi connectivity index (χ0v) is 28.1. The summed E-state index contributed by atoms with van der Waals surface area (Å²) in [5.41, 5.74) is 8.11. The molecule has 3 N–H and O–H groups in total. The van der Waals surface area contributed by atoms with Gasteiger partial charge in [0, 0.05) is 69.8 Å². The summed E-state index contributed by atoms with van der Waals surface area (Å²) in [5, 5.41) is 15.1. The van der Waals surface area contributed by atoms with E-state index in [0.717, 1.165) is 104 Å². The zero-order valence-electron chi connectivity index (χ0n) is 28.1. The van der Waals surface area contributed by atoms with Gasteiger partial charge in [0.25, 0.3) is 0 Å². The Morgan fingerprint density at radius 3 is 2.25 bits per heavy atom. The van der Waals surface area contributed by atoms with E-state index in [-0.39, 0.29) is 30.8 Å². The molecule has 0 spiro atoms. The van der Waals surface area contributed by atoms with E-state index in [1.165, 1.54) is 5.56 Å². The highest BCUT2D eigenvalue weighted by Crippen LogP contribution is 2.31. The van der Waals surface area contributed by atoms with Crippen LogP contribution in [0.3, 0.4) is 0 Å². The number of anilines is 1. The molecule has 6 rings (SSSR count). The fraction of sp³-hybridized carbons (Fsp3) is 0.459. The molecule has 2 saturated heterocycles. The smallest absolute Gasteiger partial charge is 0.229 e. The maximum Gasteiger partial charge on any atom is 0.229 e. The third kappa shape index (κ3) is 8.39. The lowest BCUT2D eigenvalue weighted by Crippen LogP contribution is -2.35. The molecule has 0 unspecified atom stereocenters. The summed E-state index contributed by atoms with van der Waals surface area (Å²) in [6.07, 6.45) is 4.11. The van der Waals surface area contributed by atoms with Crippen LogP contribution in [0.1, 0.15) is 55.5 Å². The van der Waals surface area contributed by atoms with Crippen LogP contribution in [0.2, 0.25) is 0 Å². The van der Waals surface area contributed by atoms with Crippen molar-refractivity contribution in [1.29, 1.82) is 0 Å². The molecule has 11 nitrogen and oxygen atoms in total. The summed E-state index contributed by atoms with van der Waals surface area (Å²) in [6.45, 7) is 11.2. The van der Waals surface area contributed by atoms with E-state index in [1.807, 2.05) is 29.9 Å². The van der Waals surface area contributed by atoms with Crippen LogP contribution in [0.15, 0.2) is 54.7 Å². The number of benzene rings is 2. The quantitative estimate of drug-likeness (QED) is 0.181. The number of amides is 2. The molecule has 254 valence electrons. The lowest BCUT2D eigenvalue weighted by Gasteiger charge is -2.26. The van der Waals surface area contributed by atoms with Crippen molar-refractivity contribution in [2.24, 2.45) is 0 Å². The topological polar surface area (TPSA) is 123 Å². The lowest BCUT2D eigenvalue weighted by molar-refractivity contribution is -0.129. The van der Waals surface area contributed by atoms with Crippen LogP contribution in [-0.2, 0) is 51.7 Å². The second kappa shape index (κ2) is 16.2. The number of hydrogen-bond acceptors (Lipinski definition) is 8. The van der Waals surface area contributed by atoms with Gasteiger partial charge in [-0.3, -0.25) is 14.5 Å². The summed E-state index contributed by atoms with van der Waals surface area (Å²) in [4.78, 5) is 33.2. The van der Waals surface area contributed by atoms with E-state index < -0.39 is 0 Å². The van der Waals surface area contributed by atoms with Gasteiger partial charge in [0.1, 0.15) is 6.42 Å². The van der Waals surface area contributed by atoms with Crippen molar-refractivity contribution in [2.45, 2.75) is 71.8 Å². The lowest BCUT2D eigenvalue weighted by atomic mass is 10.0. The van der Waals surface area contributed by atoms with Gasteiger partial charge < -0.3 is 25.4 Å². The van der Waals surface area contributed by atoms with Gasteiger partial charge in [-0.15, -0.1) is 0 Å². The molecule has 0 bridgehead atoms. The van der Waals surface area contributed by atoms with Crippen molar-refractivity contribution < 1.29 is 19.1 Å². The third-order valence-corrected chi connectivity index (χ3v) is 9.15. The Bertz CT molecular complexity index is 1710. The second-order valence-corrected chi connectivity index (χ2v) is 12.5. The summed E-state index contributed by atoms with van der Waals surface area (Å²) in [5.74, 6) is -0.652. The first-order valence-corrected chi connectivity index (χ1v) is 17.2. The van der Waals surface area contributed by atoms with Gasteiger partial charge in [0.15, 0.2) is 5.65 Å². The highest BCUT2D eigenvalue weighted by atomic mass is 16.5. The van der Waals surface area contributed by atoms with Crippen LogP contribution in [-0.4, -0.2) is 77.0 Å². The van der Waals surface area contributed by atoms with Crippen LogP contribution in [0.4, 0.5) is 5.69 Å².